The fourth-order valence-corrected chi connectivity index (χ4v) is 1.79. The van der Waals surface area contributed by atoms with E-state index in [-0.39, 0.29) is 24.0 Å². The minimum Gasteiger partial charge on any atom is -0.370 e. The van der Waals surface area contributed by atoms with Crippen LogP contribution in [0.25, 0.3) is 0 Å². The van der Waals surface area contributed by atoms with Crippen LogP contribution in [0.2, 0.25) is 5.02 Å². The molecule has 0 saturated carbocycles. The van der Waals surface area contributed by atoms with Crippen molar-refractivity contribution in [2.24, 2.45) is 10.7 Å². The van der Waals surface area contributed by atoms with Gasteiger partial charge in [0.25, 0.3) is 0 Å². The molecular weight excluding hydrogens is 416 g/mol. The van der Waals surface area contributed by atoms with Crippen LogP contribution in [0.1, 0.15) is 5.56 Å². The van der Waals surface area contributed by atoms with Crippen LogP contribution in [0, 0.1) is 0 Å². The van der Waals surface area contributed by atoms with Crippen molar-refractivity contribution in [3.63, 3.8) is 0 Å². The highest BCUT2D eigenvalue weighted by atomic mass is 127. The van der Waals surface area contributed by atoms with E-state index in [1.165, 1.54) is 0 Å². The number of aliphatic imine (C=N–C) groups is 1. The quantitative estimate of drug-likeness (QED) is 0.333. The van der Waals surface area contributed by atoms with Gasteiger partial charge in [-0.25, -0.2) is 4.99 Å². The molecule has 0 aromatic heterocycles. The van der Waals surface area contributed by atoms with E-state index in [9.17, 15) is 0 Å². The Morgan fingerprint density at radius 2 is 2.29 bits per heavy atom. The summed E-state index contributed by atoms with van der Waals surface area (Å²) in [6.07, 6.45) is 1.72. The van der Waals surface area contributed by atoms with Gasteiger partial charge in [-0.3, -0.25) is 0 Å². The van der Waals surface area contributed by atoms with Gasteiger partial charge in [0.05, 0.1) is 6.54 Å². The topological polar surface area (TPSA) is 50.4 Å². The predicted octanol–water partition coefficient (Wildman–Crippen LogP) is 3.31. The molecule has 6 heteroatoms. The Morgan fingerprint density at radius 3 is 2.88 bits per heavy atom. The maximum Gasteiger partial charge on any atom is 0.189 e. The lowest BCUT2D eigenvalue weighted by molar-refractivity contribution is 0.970. The zero-order chi connectivity index (χ0) is 12.0. The molecule has 0 aliphatic rings. The molecule has 3 nitrogen and oxygen atoms in total. The minimum absolute atomic E-state index is 0. The first-order valence-corrected chi connectivity index (χ1v) is 5.89. The number of nitrogens with two attached hydrogens (primary N) is 1. The second kappa shape index (κ2) is 8.77. The number of nitrogens with one attached hydrogen (secondary N) is 1. The number of benzene rings is 1. The second-order valence-electron chi connectivity index (χ2n) is 3.11. The maximum absolute atomic E-state index is 6.04. The lowest BCUT2D eigenvalue weighted by Gasteiger charge is -2.04. The third-order valence-corrected chi connectivity index (χ3v) is 2.71. The maximum atomic E-state index is 6.04. The van der Waals surface area contributed by atoms with Gasteiger partial charge >= 0.3 is 0 Å². The number of hydrogen-bond donors (Lipinski definition) is 2. The van der Waals surface area contributed by atoms with E-state index in [1.807, 2.05) is 18.2 Å². The fourth-order valence-electron chi connectivity index (χ4n) is 1.05. The van der Waals surface area contributed by atoms with Crippen LogP contribution in [0.5, 0.6) is 0 Å². The molecule has 0 radical (unpaired) electrons. The molecule has 0 aliphatic carbocycles. The summed E-state index contributed by atoms with van der Waals surface area (Å²) in [5, 5.41) is 3.57. The second-order valence-corrected chi connectivity index (χ2v) is 4.43. The number of rotatable bonds is 4. The molecule has 94 valence electrons. The summed E-state index contributed by atoms with van der Waals surface area (Å²) in [5.41, 5.74) is 6.56. The molecule has 0 spiro atoms. The van der Waals surface area contributed by atoms with Crippen molar-refractivity contribution >= 4 is 57.5 Å². The van der Waals surface area contributed by atoms with E-state index >= 15 is 0 Å². The first-order chi connectivity index (χ1) is 7.63. The lowest BCUT2D eigenvalue weighted by Crippen LogP contribution is -2.31. The van der Waals surface area contributed by atoms with Crippen LogP contribution in [0.15, 0.2) is 40.3 Å². The van der Waals surface area contributed by atoms with E-state index < -0.39 is 0 Å². The van der Waals surface area contributed by atoms with Gasteiger partial charge in [0.2, 0.25) is 0 Å². The average Bonchev–Trinajstić information content (AvgIpc) is 2.25. The molecule has 0 bridgehead atoms. The van der Waals surface area contributed by atoms with Gasteiger partial charge in [-0.15, -0.1) is 30.6 Å². The molecule has 0 unspecified atom stereocenters. The van der Waals surface area contributed by atoms with E-state index in [4.69, 9.17) is 17.3 Å². The van der Waals surface area contributed by atoms with Gasteiger partial charge in [0, 0.05) is 16.0 Å². The van der Waals surface area contributed by atoms with E-state index in [2.05, 4.69) is 32.8 Å². The van der Waals surface area contributed by atoms with E-state index in [0.29, 0.717) is 24.1 Å². The molecule has 17 heavy (non-hydrogen) atoms. The standard InChI is InChI=1S/C11H13BrClN3.HI/c1-2-5-15-11(14)16-7-8-3-4-9(12)6-10(8)13;/h2-4,6H,1,5,7H2,(H3,14,15,16);1H. The highest BCUT2D eigenvalue weighted by molar-refractivity contribution is 14.0. The summed E-state index contributed by atoms with van der Waals surface area (Å²) < 4.78 is 0.947. The van der Waals surface area contributed by atoms with Gasteiger partial charge in [-0.05, 0) is 17.7 Å². The molecular formula is C11H14BrClIN3. The highest BCUT2D eigenvalue weighted by Gasteiger charge is 2.00. The van der Waals surface area contributed by atoms with Crippen LogP contribution >= 0.6 is 51.5 Å². The summed E-state index contributed by atoms with van der Waals surface area (Å²) in [7, 11) is 0. The average molecular weight is 431 g/mol. The van der Waals surface area contributed by atoms with E-state index in [1.54, 1.807) is 6.08 Å². The van der Waals surface area contributed by atoms with E-state index in [0.717, 1.165) is 10.0 Å². The Morgan fingerprint density at radius 1 is 1.59 bits per heavy atom. The highest BCUT2D eigenvalue weighted by Crippen LogP contribution is 2.21. The zero-order valence-corrected chi connectivity index (χ0v) is 13.8. The molecule has 0 amide bonds. The number of hydrogen-bond acceptors (Lipinski definition) is 1. The normalized spacial score (nSPS) is 10.6. The van der Waals surface area contributed by atoms with Crippen LogP contribution in [0.4, 0.5) is 0 Å². The third kappa shape index (κ3) is 6.28. The van der Waals surface area contributed by atoms with Crippen molar-refractivity contribution < 1.29 is 0 Å². The van der Waals surface area contributed by atoms with Crippen molar-refractivity contribution in [2.75, 3.05) is 6.54 Å². The molecule has 0 atom stereocenters. The number of halogens is 3. The third-order valence-electron chi connectivity index (χ3n) is 1.86. The van der Waals surface area contributed by atoms with Crippen molar-refractivity contribution in [3.05, 3.63) is 45.9 Å². The van der Waals surface area contributed by atoms with Gasteiger partial charge in [-0.1, -0.05) is 39.7 Å². The van der Waals surface area contributed by atoms with Crippen LogP contribution in [-0.4, -0.2) is 12.5 Å². The van der Waals surface area contributed by atoms with Gasteiger partial charge < -0.3 is 11.1 Å². The summed E-state index contributed by atoms with van der Waals surface area (Å²) >= 11 is 9.38. The predicted molar refractivity (Wildman–Crippen MR) is 88.1 cm³/mol. The van der Waals surface area contributed by atoms with Gasteiger partial charge in [-0.2, -0.15) is 0 Å². The van der Waals surface area contributed by atoms with Gasteiger partial charge in [0.15, 0.2) is 5.96 Å². The van der Waals surface area contributed by atoms with Crippen LogP contribution < -0.4 is 11.1 Å². The summed E-state index contributed by atoms with van der Waals surface area (Å²) in [5.74, 6) is 0.388. The Labute approximate surface area is 132 Å². The summed E-state index contributed by atoms with van der Waals surface area (Å²) in [6, 6.07) is 5.67. The Balaban J connectivity index is 0.00000256. The number of nitrogens with zero attached hydrogens (tertiary/aromatic N) is 1. The van der Waals surface area contributed by atoms with Crippen LogP contribution in [0.3, 0.4) is 0 Å². The van der Waals surface area contributed by atoms with Crippen molar-refractivity contribution in [1.29, 1.82) is 0 Å². The molecule has 0 heterocycles. The zero-order valence-electron chi connectivity index (χ0n) is 9.12. The SMILES string of the molecule is C=CCNC(N)=NCc1ccc(Br)cc1Cl.I. The molecule has 1 aromatic carbocycles. The Bertz CT molecular complexity index is 410. The largest absolute Gasteiger partial charge is 0.370 e. The first kappa shape index (κ1) is 16.7. The molecule has 3 N–H and O–H groups in total. The van der Waals surface area contributed by atoms with Crippen molar-refractivity contribution in [3.8, 4) is 0 Å². The van der Waals surface area contributed by atoms with Crippen molar-refractivity contribution in [2.45, 2.75) is 6.54 Å². The first-order valence-electron chi connectivity index (χ1n) is 4.72. The molecule has 0 saturated heterocycles. The lowest BCUT2D eigenvalue weighted by atomic mass is 10.2. The minimum atomic E-state index is 0. The van der Waals surface area contributed by atoms with Gasteiger partial charge in [0.1, 0.15) is 0 Å². The smallest absolute Gasteiger partial charge is 0.189 e. The molecule has 0 aliphatic heterocycles. The number of guanidine groups is 1. The monoisotopic (exact) mass is 429 g/mol. The van der Waals surface area contributed by atoms with Crippen LogP contribution in [-0.2, 0) is 6.54 Å². The molecule has 0 fully saturated rings. The Hall–Kier alpha value is -0.270. The summed E-state index contributed by atoms with van der Waals surface area (Å²) in [6.45, 7) is 4.64. The molecule has 1 rings (SSSR count). The Kier molecular flexibility index (Phi) is 8.63. The summed E-state index contributed by atoms with van der Waals surface area (Å²) in [4.78, 5) is 4.16. The molecule has 1 aromatic rings. The van der Waals surface area contributed by atoms with Crippen molar-refractivity contribution in [1.82, 2.24) is 5.32 Å². The fraction of sp³-hybridized carbons (Fsp3) is 0.182.